The number of carboxylic acids is 1. The summed E-state index contributed by atoms with van der Waals surface area (Å²) in [5.74, 6) is -0.878. The molecular weight excluding hydrogens is 393 g/mol. The summed E-state index contributed by atoms with van der Waals surface area (Å²) in [5.41, 5.74) is 0. The summed E-state index contributed by atoms with van der Waals surface area (Å²) in [6.45, 7) is 3.05. The number of nitrogens with zero attached hydrogens (tertiary/aromatic N) is 3. The molecular formula is C18H23F3N4O4. The summed E-state index contributed by atoms with van der Waals surface area (Å²) in [6.07, 6.45) is 2.01. The summed E-state index contributed by atoms with van der Waals surface area (Å²) < 4.78 is 37.6. The number of nitrogens with one attached hydrogen (secondary N) is 1. The van der Waals surface area contributed by atoms with Gasteiger partial charge in [-0.25, -0.2) is 14.8 Å². The number of fused-ring (bicyclic) bond motifs is 1. The van der Waals surface area contributed by atoms with E-state index in [1.165, 1.54) is 12.8 Å². The van der Waals surface area contributed by atoms with Gasteiger partial charge in [0.15, 0.2) is 0 Å². The van der Waals surface area contributed by atoms with Gasteiger partial charge in [0, 0.05) is 44.6 Å². The van der Waals surface area contributed by atoms with Crippen molar-refractivity contribution >= 4 is 17.8 Å². The van der Waals surface area contributed by atoms with Crippen LogP contribution in [0.2, 0.25) is 0 Å². The Labute approximate surface area is 165 Å². The van der Waals surface area contributed by atoms with Crippen LogP contribution in [0.1, 0.15) is 19.3 Å². The number of carbonyl (C=O) groups excluding carboxylic acids is 1. The number of rotatable bonds is 4. The van der Waals surface area contributed by atoms with Crippen LogP contribution in [0.4, 0.5) is 19.1 Å². The van der Waals surface area contributed by atoms with Gasteiger partial charge >= 0.3 is 12.1 Å². The minimum atomic E-state index is -5.08. The summed E-state index contributed by atoms with van der Waals surface area (Å²) >= 11 is 0. The molecule has 1 amide bonds. The van der Waals surface area contributed by atoms with Gasteiger partial charge in [-0.2, -0.15) is 13.2 Å². The number of halogens is 3. The molecule has 1 aromatic heterocycles. The van der Waals surface area contributed by atoms with Gasteiger partial charge in [0.25, 0.3) is 0 Å². The fraction of sp³-hybridized carbons (Fsp3) is 0.667. The Bertz CT molecular complexity index is 715. The standard InChI is InChI=1S/C16H22N4O2.C2HF3O2/c21-15(19-8-11-2-3-11)13-9-20(16-17-5-1-6-18-16)10-14-12(13)4-7-22-14;3-2(4,5)1(6)7/h1,5-6,11-14H,2-4,7-10H2,(H,19,21);(H,6,7)/t12-,13+,14+;/m0./s1. The van der Waals surface area contributed by atoms with Crippen LogP contribution < -0.4 is 10.2 Å². The average molecular weight is 416 g/mol. The molecule has 1 aliphatic carbocycles. The van der Waals surface area contributed by atoms with E-state index in [4.69, 9.17) is 14.6 Å². The molecule has 3 atom stereocenters. The lowest BCUT2D eigenvalue weighted by atomic mass is 9.82. The number of aliphatic carboxylic acids is 1. The van der Waals surface area contributed by atoms with Crippen LogP contribution in [0, 0.1) is 17.8 Å². The molecule has 0 bridgehead atoms. The van der Waals surface area contributed by atoms with Gasteiger partial charge in [-0.05, 0) is 31.2 Å². The maximum atomic E-state index is 12.6. The topological polar surface area (TPSA) is 105 Å². The number of anilines is 1. The Hall–Kier alpha value is -2.43. The Kier molecular flexibility index (Phi) is 6.56. The SMILES string of the molecule is O=C(NCC1CC1)[C@@H]1CN(c2ncccn2)C[C@H]2OCC[C@H]21.O=C(O)C(F)(F)F. The first-order valence-corrected chi connectivity index (χ1v) is 9.47. The first-order chi connectivity index (χ1) is 13.8. The van der Waals surface area contributed by atoms with Gasteiger partial charge in [0.1, 0.15) is 0 Å². The van der Waals surface area contributed by atoms with Gasteiger partial charge in [-0.1, -0.05) is 0 Å². The molecule has 3 aliphatic rings. The van der Waals surface area contributed by atoms with Gasteiger partial charge < -0.3 is 20.1 Å². The summed E-state index contributed by atoms with van der Waals surface area (Å²) in [6, 6.07) is 1.81. The number of aromatic nitrogens is 2. The molecule has 11 heteroatoms. The van der Waals surface area contributed by atoms with E-state index in [0.717, 1.165) is 26.1 Å². The first kappa shape index (κ1) is 21.3. The van der Waals surface area contributed by atoms with E-state index in [0.29, 0.717) is 24.3 Å². The molecule has 3 heterocycles. The van der Waals surface area contributed by atoms with Gasteiger partial charge in [0.2, 0.25) is 11.9 Å². The number of carboxylic acid groups (broad SMARTS) is 1. The number of ether oxygens (including phenoxy) is 1. The second-order valence-electron chi connectivity index (χ2n) is 7.41. The van der Waals surface area contributed by atoms with Crippen molar-refractivity contribution in [3.05, 3.63) is 18.5 Å². The Morgan fingerprint density at radius 3 is 2.45 bits per heavy atom. The number of piperidine rings is 1. The zero-order valence-corrected chi connectivity index (χ0v) is 15.6. The largest absolute Gasteiger partial charge is 0.490 e. The molecule has 29 heavy (non-hydrogen) atoms. The van der Waals surface area contributed by atoms with Crippen LogP contribution in [0.5, 0.6) is 0 Å². The maximum absolute atomic E-state index is 12.6. The molecule has 0 unspecified atom stereocenters. The van der Waals surface area contributed by atoms with Crippen molar-refractivity contribution in [2.75, 3.05) is 31.1 Å². The third-order valence-electron chi connectivity index (χ3n) is 5.27. The molecule has 1 aromatic rings. The quantitative estimate of drug-likeness (QED) is 0.766. The Morgan fingerprint density at radius 1 is 1.21 bits per heavy atom. The molecule has 160 valence electrons. The normalized spacial score (nSPS) is 26.2. The number of amides is 1. The highest BCUT2D eigenvalue weighted by Gasteiger charge is 2.44. The van der Waals surface area contributed by atoms with E-state index >= 15 is 0 Å². The second kappa shape index (κ2) is 8.93. The van der Waals surface area contributed by atoms with E-state index < -0.39 is 12.1 Å². The minimum Gasteiger partial charge on any atom is -0.475 e. The van der Waals surface area contributed by atoms with Crippen molar-refractivity contribution in [1.29, 1.82) is 0 Å². The molecule has 2 N–H and O–H groups in total. The van der Waals surface area contributed by atoms with Crippen molar-refractivity contribution < 1.29 is 32.6 Å². The van der Waals surface area contributed by atoms with Crippen LogP contribution >= 0.6 is 0 Å². The van der Waals surface area contributed by atoms with Gasteiger partial charge in [-0.15, -0.1) is 0 Å². The summed E-state index contributed by atoms with van der Waals surface area (Å²) in [7, 11) is 0. The highest BCUT2D eigenvalue weighted by atomic mass is 19.4. The van der Waals surface area contributed by atoms with Crippen molar-refractivity contribution in [3.8, 4) is 0 Å². The summed E-state index contributed by atoms with van der Waals surface area (Å²) in [4.78, 5) is 32.2. The smallest absolute Gasteiger partial charge is 0.475 e. The van der Waals surface area contributed by atoms with E-state index in [2.05, 4.69) is 20.2 Å². The van der Waals surface area contributed by atoms with Gasteiger partial charge in [-0.3, -0.25) is 4.79 Å². The second-order valence-corrected chi connectivity index (χ2v) is 7.41. The van der Waals surface area contributed by atoms with E-state index in [1.807, 2.05) is 6.07 Å². The molecule has 4 rings (SSSR count). The fourth-order valence-corrected chi connectivity index (χ4v) is 3.57. The molecule has 0 spiro atoms. The number of alkyl halides is 3. The van der Waals surface area contributed by atoms with Crippen LogP contribution in [-0.2, 0) is 14.3 Å². The lowest BCUT2D eigenvalue weighted by molar-refractivity contribution is -0.192. The van der Waals surface area contributed by atoms with Crippen LogP contribution in [0.25, 0.3) is 0 Å². The molecule has 3 fully saturated rings. The first-order valence-electron chi connectivity index (χ1n) is 9.47. The average Bonchev–Trinajstić information content (AvgIpc) is 3.40. The van der Waals surface area contributed by atoms with Crippen molar-refractivity contribution in [2.24, 2.45) is 17.8 Å². The molecule has 0 aromatic carbocycles. The Morgan fingerprint density at radius 2 is 1.86 bits per heavy atom. The zero-order chi connectivity index (χ0) is 21.0. The zero-order valence-electron chi connectivity index (χ0n) is 15.6. The molecule has 1 saturated carbocycles. The maximum Gasteiger partial charge on any atom is 0.490 e. The Balaban J connectivity index is 0.000000298. The van der Waals surface area contributed by atoms with E-state index in [-0.39, 0.29) is 17.9 Å². The minimum absolute atomic E-state index is 0.0243. The van der Waals surface area contributed by atoms with Crippen LogP contribution in [-0.4, -0.2) is 65.5 Å². The lowest BCUT2D eigenvalue weighted by Gasteiger charge is -2.39. The van der Waals surface area contributed by atoms with Gasteiger partial charge in [0.05, 0.1) is 12.0 Å². The van der Waals surface area contributed by atoms with Crippen molar-refractivity contribution in [3.63, 3.8) is 0 Å². The van der Waals surface area contributed by atoms with E-state index in [9.17, 15) is 18.0 Å². The monoisotopic (exact) mass is 416 g/mol. The number of carbonyl (C=O) groups is 2. The van der Waals surface area contributed by atoms with Crippen LogP contribution in [0.3, 0.4) is 0 Å². The molecule has 0 radical (unpaired) electrons. The number of hydrogen-bond acceptors (Lipinski definition) is 6. The molecule has 2 saturated heterocycles. The third-order valence-corrected chi connectivity index (χ3v) is 5.27. The van der Waals surface area contributed by atoms with Crippen molar-refractivity contribution in [2.45, 2.75) is 31.5 Å². The number of hydrogen-bond donors (Lipinski definition) is 2. The summed E-state index contributed by atoms with van der Waals surface area (Å²) in [5, 5.41) is 10.3. The lowest BCUT2D eigenvalue weighted by Crippen LogP contribution is -2.53. The predicted molar refractivity (Wildman–Crippen MR) is 95.0 cm³/mol. The molecule has 8 nitrogen and oxygen atoms in total. The van der Waals surface area contributed by atoms with Crippen LogP contribution in [0.15, 0.2) is 18.5 Å². The molecule has 2 aliphatic heterocycles. The highest BCUT2D eigenvalue weighted by molar-refractivity contribution is 5.80. The predicted octanol–water partition coefficient (Wildman–Crippen LogP) is 1.48. The fourth-order valence-electron chi connectivity index (χ4n) is 3.57. The third kappa shape index (κ3) is 5.78. The highest BCUT2D eigenvalue weighted by Crippen LogP contribution is 2.35. The van der Waals surface area contributed by atoms with Crippen molar-refractivity contribution in [1.82, 2.24) is 15.3 Å². The van der Waals surface area contributed by atoms with E-state index in [1.54, 1.807) is 12.4 Å².